The van der Waals surface area contributed by atoms with Crippen molar-refractivity contribution in [3.63, 3.8) is 0 Å². The molecule has 2 unspecified atom stereocenters. The molecule has 6 rings (SSSR count). The van der Waals surface area contributed by atoms with Gasteiger partial charge < -0.3 is 5.32 Å². The molecule has 8 nitrogen and oxygen atoms in total. The second-order valence-electron chi connectivity index (χ2n) is 8.70. The molecular weight excluding hydrogens is 330 g/mol. The van der Waals surface area contributed by atoms with Crippen molar-refractivity contribution in [2.75, 3.05) is 0 Å². The molecule has 4 atom stereocenters. The topological polar surface area (TPSA) is 101 Å². The van der Waals surface area contributed by atoms with Gasteiger partial charge >= 0.3 is 0 Å². The van der Waals surface area contributed by atoms with Crippen molar-refractivity contribution in [1.29, 1.82) is 0 Å². The second-order valence-corrected chi connectivity index (χ2v) is 8.70. The van der Waals surface area contributed by atoms with Crippen LogP contribution in [0.25, 0.3) is 0 Å². The fraction of sp³-hybridized carbons (Fsp3) is 0.722. The molecule has 4 aliphatic rings. The van der Waals surface area contributed by atoms with Gasteiger partial charge in [0, 0.05) is 18.2 Å². The van der Waals surface area contributed by atoms with Gasteiger partial charge in [0.05, 0.1) is 11.7 Å². The predicted molar refractivity (Wildman–Crippen MR) is 92.9 cm³/mol. The molecule has 2 heterocycles. The van der Waals surface area contributed by atoms with Crippen molar-refractivity contribution in [2.24, 2.45) is 11.8 Å². The fourth-order valence-electron chi connectivity index (χ4n) is 6.20. The Balaban J connectivity index is 1.27. The van der Waals surface area contributed by atoms with E-state index in [1.54, 1.807) is 0 Å². The van der Waals surface area contributed by atoms with Crippen LogP contribution < -0.4 is 5.32 Å². The zero-order valence-corrected chi connectivity index (χ0v) is 14.9. The van der Waals surface area contributed by atoms with E-state index in [1.165, 1.54) is 12.7 Å². The van der Waals surface area contributed by atoms with Gasteiger partial charge in [0.2, 0.25) is 5.91 Å². The van der Waals surface area contributed by atoms with Crippen LogP contribution in [0.15, 0.2) is 18.7 Å². The monoisotopic (exact) mass is 355 g/mol. The van der Waals surface area contributed by atoms with Gasteiger partial charge in [-0.2, -0.15) is 9.90 Å². The van der Waals surface area contributed by atoms with Crippen LogP contribution in [0.3, 0.4) is 0 Å². The van der Waals surface area contributed by atoms with Gasteiger partial charge in [-0.05, 0) is 74.0 Å². The van der Waals surface area contributed by atoms with E-state index in [-0.39, 0.29) is 17.0 Å². The zero-order chi connectivity index (χ0) is 17.6. The lowest BCUT2D eigenvalue weighted by atomic mass is 9.50. The highest BCUT2D eigenvalue weighted by atomic mass is 16.1. The Morgan fingerprint density at radius 1 is 1.31 bits per heavy atom. The van der Waals surface area contributed by atoms with E-state index in [0.717, 1.165) is 50.5 Å². The first-order chi connectivity index (χ1) is 12.6. The van der Waals surface area contributed by atoms with Gasteiger partial charge in [0.25, 0.3) is 0 Å². The Kier molecular flexibility index (Phi) is 3.62. The molecular formula is C18H25N7O. The highest BCUT2D eigenvalue weighted by molar-refractivity contribution is 5.77. The summed E-state index contributed by atoms with van der Waals surface area (Å²) in [5, 5.41) is 22.7. The maximum atomic E-state index is 12.7. The molecule has 4 bridgehead atoms. The average Bonchev–Trinajstić information content (AvgIpc) is 3.27. The summed E-state index contributed by atoms with van der Waals surface area (Å²) in [6.07, 6.45) is 14.2. The first kappa shape index (κ1) is 16.0. The summed E-state index contributed by atoms with van der Waals surface area (Å²) >= 11 is 0. The quantitative estimate of drug-likeness (QED) is 0.819. The van der Waals surface area contributed by atoms with Gasteiger partial charge in [0.1, 0.15) is 0 Å². The van der Waals surface area contributed by atoms with Gasteiger partial charge in [-0.25, -0.2) is 0 Å². The smallest absolute Gasteiger partial charge is 0.220 e. The minimum Gasteiger partial charge on any atom is -0.351 e. The van der Waals surface area contributed by atoms with Crippen LogP contribution in [-0.4, -0.2) is 41.9 Å². The molecule has 0 aromatic carbocycles. The maximum Gasteiger partial charge on any atom is 0.220 e. The highest BCUT2D eigenvalue weighted by Crippen LogP contribution is 2.60. The Hall–Kier alpha value is -2.25. The number of tetrazole rings is 1. The number of aromatic nitrogens is 6. The lowest BCUT2D eigenvalue weighted by molar-refractivity contribution is -0.131. The highest BCUT2D eigenvalue weighted by Gasteiger charge is 2.60. The Morgan fingerprint density at radius 2 is 2.15 bits per heavy atom. The number of carbonyl (C=O) groups excluding carboxylic acids is 1. The number of rotatable bonds is 6. The van der Waals surface area contributed by atoms with Crippen molar-refractivity contribution in [1.82, 2.24) is 35.7 Å². The molecule has 0 saturated heterocycles. The first-order valence-corrected chi connectivity index (χ1v) is 9.67. The van der Waals surface area contributed by atoms with E-state index in [4.69, 9.17) is 0 Å². The van der Waals surface area contributed by atoms with Crippen molar-refractivity contribution >= 4 is 5.91 Å². The van der Waals surface area contributed by atoms with Gasteiger partial charge in [0.15, 0.2) is 6.33 Å². The number of hydrogen-bond acceptors (Lipinski definition) is 5. The third-order valence-electron chi connectivity index (χ3n) is 6.63. The normalized spacial score (nSPS) is 34.9. The van der Waals surface area contributed by atoms with Gasteiger partial charge in [-0.1, -0.05) is 0 Å². The maximum absolute atomic E-state index is 12.7. The largest absolute Gasteiger partial charge is 0.351 e. The number of amides is 1. The van der Waals surface area contributed by atoms with Crippen molar-refractivity contribution < 1.29 is 4.79 Å². The molecule has 2 N–H and O–H groups in total. The number of aryl methyl sites for hydroxylation is 1. The SMILES string of the molecule is O=C(CCCc1cn[nH]c1)NC12C[C@H]3C[C@@H](C1)CC(n1ncnn1)(C3)C2. The number of aromatic amines is 1. The van der Waals surface area contributed by atoms with Crippen LogP contribution in [0.2, 0.25) is 0 Å². The van der Waals surface area contributed by atoms with Crippen LogP contribution in [0.4, 0.5) is 0 Å². The lowest BCUT2D eigenvalue weighted by Crippen LogP contribution is -2.66. The summed E-state index contributed by atoms with van der Waals surface area (Å²) in [6, 6.07) is 0. The molecule has 2 aromatic rings. The molecule has 4 saturated carbocycles. The van der Waals surface area contributed by atoms with E-state index >= 15 is 0 Å². The number of hydrogen-bond donors (Lipinski definition) is 2. The van der Waals surface area contributed by atoms with Crippen molar-refractivity contribution in [3.05, 3.63) is 24.3 Å². The van der Waals surface area contributed by atoms with Crippen molar-refractivity contribution in [2.45, 2.75) is 68.9 Å². The Bertz CT molecular complexity index is 756. The summed E-state index contributed by atoms with van der Waals surface area (Å²) in [5.74, 6) is 1.50. The van der Waals surface area contributed by atoms with E-state index in [2.05, 4.69) is 30.9 Å². The number of nitrogens with one attached hydrogen (secondary N) is 2. The van der Waals surface area contributed by atoms with Gasteiger partial charge in [-0.3, -0.25) is 9.89 Å². The summed E-state index contributed by atoms with van der Waals surface area (Å²) in [4.78, 5) is 14.5. The Labute approximate surface area is 152 Å². The Morgan fingerprint density at radius 3 is 2.85 bits per heavy atom. The molecule has 1 amide bonds. The van der Waals surface area contributed by atoms with E-state index < -0.39 is 0 Å². The third-order valence-corrected chi connectivity index (χ3v) is 6.63. The molecule has 8 heteroatoms. The molecule has 26 heavy (non-hydrogen) atoms. The third kappa shape index (κ3) is 2.71. The molecule has 0 aliphatic heterocycles. The molecule has 138 valence electrons. The summed E-state index contributed by atoms with van der Waals surface area (Å²) in [7, 11) is 0. The van der Waals surface area contributed by atoms with E-state index in [9.17, 15) is 4.79 Å². The standard InChI is InChI=1S/C18H25N7O/c26-16(3-1-2-13-9-19-20-10-13)23-17-5-14-4-15(6-17)8-18(7-14,11-17)25-22-12-21-24-25/h9-10,12,14-15H,1-8,11H2,(H,19,20)(H,23,26)/t14-,15+,17?,18?. The zero-order valence-electron chi connectivity index (χ0n) is 14.9. The number of carbonyl (C=O) groups is 1. The fourth-order valence-corrected chi connectivity index (χ4v) is 6.20. The molecule has 2 aromatic heterocycles. The lowest BCUT2D eigenvalue weighted by Gasteiger charge is -2.61. The summed E-state index contributed by atoms with van der Waals surface area (Å²) in [5.41, 5.74) is 1.03. The van der Waals surface area contributed by atoms with Crippen LogP contribution in [0.5, 0.6) is 0 Å². The number of H-pyrrole nitrogens is 1. The van der Waals surface area contributed by atoms with Crippen LogP contribution in [-0.2, 0) is 16.8 Å². The molecule has 0 radical (unpaired) electrons. The van der Waals surface area contributed by atoms with E-state index in [0.29, 0.717) is 18.3 Å². The molecule has 4 aliphatic carbocycles. The first-order valence-electron chi connectivity index (χ1n) is 9.67. The summed E-state index contributed by atoms with van der Waals surface area (Å²) < 4.78 is 0. The van der Waals surface area contributed by atoms with E-state index in [1.807, 2.05) is 17.2 Å². The minimum atomic E-state index is -0.0789. The van der Waals surface area contributed by atoms with Crippen LogP contribution >= 0.6 is 0 Å². The molecule has 0 spiro atoms. The van der Waals surface area contributed by atoms with Crippen LogP contribution in [0, 0.1) is 11.8 Å². The molecule has 4 fully saturated rings. The minimum absolute atomic E-state index is 0.0509. The van der Waals surface area contributed by atoms with Crippen LogP contribution in [0.1, 0.15) is 56.9 Å². The van der Waals surface area contributed by atoms with Gasteiger partial charge in [-0.15, -0.1) is 10.2 Å². The average molecular weight is 355 g/mol. The number of nitrogens with zero attached hydrogens (tertiary/aromatic N) is 5. The summed E-state index contributed by atoms with van der Waals surface area (Å²) in [6.45, 7) is 0. The predicted octanol–water partition coefficient (Wildman–Crippen LogP) is 1.58. The van der Waals surface area contributed by atoms with Crippen molar-refractivity contribution in [3.8, 4) is 0 Å². The second kappa shape index (κ2) is 5.89.